The summed E-state index contributed by atoms with van der Waals surface area (Å²) in [6.45, 7) is 4.91. The third-order valence-electron chi connectivity index (χ3n) is 3.77. The molecule has 0 aliphatic heterocycles. The number of carbonyl (C=O) groups excluding carboxylic acids is 1. The smallest absolute Gasteiger partial charge is 0.251 e. The molecule has 1 N–H and O–H groups in total. The maximum absolute atomic E-state index is 12.2. The number of amides is 1. The molecule has 0 aliphatic carbocycles. The van der Waals surface area contributed by atoms with Gasteiger partial charge in [-0.25, -0.2) is 4.68 Å². The van der Waals surface area contributed by atoms with Crippen molar-refractivity contribution in [1.82, 2.24) is 25.5 Å². The Morgan fingerprint density at radius 2 is 2.08 bits per heavy atom. The van der Waals surface area contributed by atoms with Gasteiger partial charge in [-0.3, -0.25) is 4.79 Å². The topological polar surface area (TPSA) is 81.9 Å². The molecule has 1 aromatic carbocycles. The third kappa shape index (κ3) is 4.66. The first-order valence-corrected chi connectivity index (χ1v) is 9.31. The lowest BCUT2D eigenvalue weighted by molar-refractivity contribution is 0.0954. The highest BCUT2D eigenvalue weighted by molar-refractivity contribution is 7.09. The first-order chi connectivity index (χ1) is 12.6. The van der Waals surface area contributed by atoms with E-state index in [0.29, 0.717) is 23.7 Å². The van der Waals surface area contributed by atoms with Gasteiger partial charge in [0.25, 0.3) is 5.91 Å². The highest BCUT2D eigenvalue weighted by atomic mass is 32.1. The van der Waals surface area contributed by atoms with Crippen molar-refractivity contribution in [2.75, 3.05) is 6.54 Å². The predicted octanol–water partition coefficient (Wildman–Crippen LogP) is 2.87. The van der Waals surface area contributed by atoms with Gasteiger partial charge in [-0.2, -0.15) is 0 Å². The van der Waals surface area contributed by atoms with Crippen molar-refractivity contribution in [1.29, 1.82) is 0 Å². The largest absolute Gasteiger partial charge is 0.486 e. The van der Waals surface area contributed by atoms with Crippen molar-refractivity contribution in [2.24, 2.45) is 0 Å². The van der Waals surface area contributed by atoms with Crippen LogP contribution in [0.5, 0.6) is 5.75 Å². The second kappa shape index (κ2) is 8.57. The van der Waals surface area contributed by atoms with Gasteiger partial charge < -0.3 is 10.1 Å². The Balaban J connectivity index is 1.49. The molecule has 0 spiro atoms. The molecule has 0 aliphatic rings. The fraction of sp³-hybridized carbons (Fsp3) is 0.333. The van der Waals surface area contributed by atoms with E-state index in [1.54, 1.807) is 40.3 Å². The van der Waals surface area contributed by atoms with Gasteiger partial charge in [0, 0.05) is 17.0 Å². The second-order valence-corrected chi connectivity index (χ2v) is 7.06. The summed E-state index contributed by atoms with van der Waals surface area (Å²) in [5.74, 6) is 1.24. The molecule has 136 valence electrons. The Morgan fingerprint density at radius 3 is 2.77 bits per heavy atom. The second-order valence-electron chi connectivity index (χ2n) is 6.03. The maximum atomic E-state index is 12.2. The van der Waals surface area contributed by atoms with Crippen LogP contribution < -0.4 is 10.1 Å². The molecule has 0 atom stereocenters. The monoisotopic (exact) mass is 371 g/mol. The van der Waals surface area contributed by atoms with Crippen LogP contribution in [0.3, 0.4) is 0 Å². The van der Waals surface area contributed by atoms with Crippen LogP contribution in [0.15, 0.2) is 41.8 Å². The highest BCUT2D eigenvalue weighted by Crippen LogP contribution is 2.15. The number of thiophene rings is 1. The first-order valence-electron chi connectivity index (χ1n) is 8.43. The number of nitrogens with zero attached hydrogens (tertiary/aromatic N) is 4. The molecule has 1 amide bonds. The highest BCUT2D eigenvalue weighted by Gasteiger charge is 2.10. The molecule has 0 fully saturated rings. The summed E-state index contributed by atoms with van der Waals surface area (Å²) in [6.07, 6.45) is 0.842. The Bertz CT molecular complexity index is 828. The van der Waals surface area contributed by atoms with E-state index < -0.39 is 0 Å². The molecule has 0 saturated heterocycles. The van der Waals surface area contributed by atoms with Gasteiger partial charge in [-0.05, 0) is 66.4 Å². The van der Waals surface area contributed by atoms with Crippen LogP contribution in [0.2, 0.25) is 0 Å². The van der Waals surface area contributed by atoms with Gasteiger partial charge in [0.15, 0.2) is 5.82 Å². The summed E-state index contributed by atoms with van der Waals surface area (Å²) in [4.78, 5) is 13.4. The summed E-state index contributed by atoms with van der Waals surface area (Å²) in [6, 6.07) is 11.3. The summed E-state index contributed by atoms with van der Waals surface area (Å²) in [5.41, 5.74) is 0.607. The van der Waals surface area contributed by atoms with E-state index in [4.69, 9.17) is 4.74 Å². The summed E-state index contributed by atoms with van der Waals surface area (Å²) in [5, 5.41) is 16.5. The number of carbonyl (C=O) groups is 1. The molecule has 2 heterocycles. The molecule has 0 radical (unpaired) electrons. The SMILES string of the molecule is CC(C)n1nnnc1COc1ccc(C(=O)NCCc2cccs2)cc1. The van der Waals surface area contributed by atoms with Crippen LogP contribution in [0.1, 0.15) is 40.9 Å². The van der Waals surface area contributed by atoms with E-state index in [9.17, 15) is 4.79 Å². The van der Waals surface area contributed by atoms with E-state index in [-0.39, 0.29) is 18.6 Å². The number of hydrogen-bond donors (Lipinski definition) is 1. The van der Waals surface area contributed by atoms with E-state index in [0.717, 1.165) is 6.42 Å². The zero-order valence-electron chi connectivity index (χ0n) is 14.8. The molecule has 0 bridgehead atoms. The normalized spacial score (nSPS) is 10.9. The number of rotatable bonds is 8. The minimum atomic E-state index is -0.0862. The Labute approximate surface area is 156 Å². The van der Waals surface area contributed by atoms with Crippen molar-refractivity contribution in [3.63, 3.8) is 0 Å². The lowest BCUT2D eigenvalue weighted by Gasteiger charge is -2.10. The van der Waals surface area contributed by atoms with Crippen LogP contribution in [-0.4, -0.2) is 32.7 Å². The van der Waals surface area contributed by atoms with Crippen LogP contribution in [0.4, 0.5) is 0 Å². The molecule has 2 aromatic heterocycles. The minimum absolute atomic E-state index is 0.0862. The van der Waals surface area contributed by atoms with E-state index in [2.05, 4.69) is 26.9 Å². The van der Waals surface area contributed by atoms with E-state index in [1.165, 1.54) is 4.88 Å². The van der Waals surface area contributed by atoms with Crippen LogP contribution >= 0.6 is 11.3 Å². The third-order valence-corrected chi connectivity index (χ3v) is 4.71. The standard InChI is InChI=1S/C18H21N5O2S/c1-13(2)23-17(20-21-22-23)12-25-15-7-5-14(6-8-15)18(24)19-10-9-16-4-3-11-26-16/h3-8,11,13H,9-10,12H2,1-2H3,(H,19,24). The predicted molar refractivity (Wildman–Crippen MR) is 99.3 cm³/mol. The molecule has 7 nitrogen and oxygen atoms in total. The van der Waals surface area contributed by atoms with Crippen LogP contribution in [-0.2, 0) is 13.0 Å². The van der Waals surface area contributed by atoms with Gasteiger partial charge >= 0.3 is 0 Å². The minimum Gasteiger partial charge on any atom is -0.486 e. The average molecular weight is 371 g/mol. The number of nitrogens with one attached hydrogen (secondary N) is 1. The Morgan fingerprint density at radius 1 is 1.27 bits per heavy atom. The number of aromatic nitrogens is 4. The molecule has 3 aromatic rings. The molecule has 0 unspecified atom stereocenters. The van der Waals surface area contributed by atoms with E-state index >= 15 is 0 Å². The fourth-order valence-corrected chi connectivity index (χ4v) is 3.12. The van der Waals surface area contributed by atoms with Crippen molar-refractivity contribution in [3.8, 4) is 5.75 Å². The zero-order chi connectivity index (χ0) is 18.4. The van der Waals surface area contributed by atoms with Crippen molar-refractivity contribution < 1.29 is 9.53 Å². The summed E-state index contributed by atoms with van der Waals surface area (Å²) >= 11 is 1.70. The van der Waals surface area contributed by atoms with Gasteiger partial charge in [-0.15, -0.1) is 16.4 Å². The summed E-state index contributed by atoms with van der Waals surface area (Å²) in [7, 11) is 0. The van der Waals surface area contributed by atoms with Crippen molar-refractivity contribution >= 4 is 17.2 Å². The van der Waals surface area contributed by atoms with Gasteiger partial charge in [0.2, 0.25) is 0 Å². The quantitative estimate of drug-likeness (QED) is 0.658. The van der Waals surface area contributed by atoms with Crippen molar-refractivity contribution in [3.05, 3.63) is 58.0 Å². The molecule has 0 saturated carbocycles. The Kier molecular flexibility index (Phi) is 5.96. The molecule has 8 heteroatoms. The van der Waals surface area contributed by atoms with Gasteiger partial charge in [0.1, 0.15) is 12.4 Å². The van der Waals surface area contributed by atoms with Crippen LogP contribution in [0.25, 0.3) is 0 Å². The van der Waals surface area contributed by atoms with Crippen molar-refractivity contribution in [2.45, 2.75) is 32.9 Å². The molecular weight excluding hydrogens is 350 g/mol. The molecular formula is C18H21N5O2S. The fourth-order valence-electron chi connectivity index (χ4n) is 2.42. The molecule has 3 rings (SSSR count). The summed E-state index contributed by atoms with van der Waals surface area (Å²) < 4.78 is 7.43. The zero-order valence-corrected chi connectivity index (χ0v) is 15.6. The van der Waals surface area contributed by atoms with Crippen LogP contribution in [0, 0.1) is 0 Å². The average Bonchev–Trinajstić information content (AvgIpc) is 3.32. The van der Waals surface area contributed by atoms with Gasteiger partial charge in [0.05, 0.1) is 6.04 Å². The Hall–Kier alpha value is -2.74. The first kappa shape index (κ1) is 18.1. The number of ether oxygens (including phenoxy) is 1. The lowest BCUT2D eigenvalue weighted by atomic mass is 10.2. The maximum Gasteiger partial charge on any atom is 0.251 e. The molecule has 26 heavy (non-hydrogen) atoms. The number of hydrogen-bond acceptors (Lipinski definition) is 6. The lowest BCUT2D eigenvalue weighted by Crippen LogP contribution is -2.25. The van der Waals surface area contributed by atoms with E-state index in [1.807, 2.05) is 25.3 Å². The number of tetrazole rings is 1. The van der Waals surface area contributed by atoms with Gasteiger partial charge in [-0.1, -0.05) is 6.07 Å². The number of benzene rings is 1.